The van der Waals surface area contributed by atoms with Gasteiger partial charge in [0.2, 0.25) is 0 Å². The van der Waals surface area contributed by atoms with E-state index in [2.05, 4.69) is 21.9 Å². The van der Waals surface area contributed by atoms with Gasteiger partial charge < -0.3 is 5.73 Å². The number of hydrogen-bond donors (Lipinski definition) is 1. The number of thiophene rings is 1. The third kappa shape index (κ3) is 2.06. The predicted octanol–water partition coefficient (Wildman–Crippen LogP) is 3.21. The zero-order valence-corrected chi connectivity index (χ0v) is 11.7. The van der Waals surface area contributed by atoms with Crippen LogP contribution in [0.5, 0.6) is 0 Å². The molecule has 0 aliphatic heterocycles. The van der Waals surface area contributed by atoms with Crippen molar-refractivity contribution in [2.45, 2.75) is 20.3 Å². The van der Waals surface area contributed by atoms with Crippen LogP contribution in [0.3, 0.4) is 0 Å². The Morgan fingerprint density at radius 2 is 2.16 bits per heavy atom. The molecule has 0 saturated heterocycles. The lowest BCUT2D eigenvalue weighted by Gasteiger charge is -2.06. The Bertz CT molecular complexity index is 748. The minimum atomic E-state index is 0.525. The lowest BCUT2D eigenvalue weighted by molar-refractivity contribution is 1.08. The molecule has 96 valence electrons. The quantitative estimate of drug-likeness (QED) is 0.776. The highest BCUT2D eigenvalue weighted by atomic mass is 32.1. The van der Waals surface area contributed by atoms with E-state index in [9.17, 15) is 0 Å². The Morgan fingerprint density at radius 1 is 1.32 bits per heavy atom. The molecule has 3 aromatic heterocycles. The number of pyridine rings is 1. The summed E-state index contributed by atoms with van der Waals surface area (Å²) >= 11 is 1.63. The molecule has 4 nitrogen and oxygen atoms in total. The topological polar surface area (TPSA) is 64.7 Å². The van der Waals surface area contributed by atoms with Crippen molar-refractivity contribution in [1.82, 2.24) is 15.0 Å². The fourth-order valence-corrected chi connectivity index (χ4v) is 2.98. The van der Waals surface area contributed by atoms with Gasteiger partial charge in [0.15, 0.2) is 5.82 Å². The number of nitrogens with two attached hydrogens (primary N) is 1. The SMILES string of the molecule is CCc1cccnc1-c1nc(N)c2cc(C)sc2n1. The summed E-state index contributed by atoms with van der Waals surface area (Å²) in [7, 11) is 0. The maximum absolute atomic E-state index is 6.03. The van der Waals surface area contributed by atoms with Gasteiger partial charge in [-0.2, -0.15) is 0 Å². The fourth-order valence-electron chi connectivity index (χ4n) is 2.10. The zero-order valence-electron chi connectivity index (χ0n) is 10.8. The van der Waals surface area contributed by atoms with Crippen molar-refractivity contribution in [3.8, 4) is 11.5 Å². The van der Waals surface area contributed by atoms with Gasteiger partial charge in [-0.05, 0) is 31.0 Å². The molecule has 3 heterocycles. The largest absolute Gasteiger partial charge is 0.383 e. The van der Waals surface area contributed by atoms with E-state index in [0.717, 1.165) is 27.9 Å². The van der Waals surface area contributed by atoms with Gasteiger partial charge >= 0.3 is 0 Å². The Hall–Kier alpha value is -2.01. The number of rotatable bonds is 2. The van der Waals surface area contributed by atoms with Gasteiger partial charge in [-0.3, -0.25) is 4.98 Å². The maximum Gasteiger partial charge on any atom is 0.181 e. The molecule has 3 rings (SSSR count). The first-order valence-electron chi connectivity index (χ1n) is 6.17. The van der Waals surface area contributed by atoms with Crippen LogP contribution in [0.1, 0.15) is 17.4 Å². The summed E-state index contributed by atoms with van der Waals surface area (Å²) < 4.78 is 0. The molecule has 0 unspecified atom stereocenters. The Balaban J connectivity index is 2.25. The van der Waals surface area contributed by atoms with Crippen molar-refractivity contribution in [3.63, 3.8) is 0 Å². The van der Waals surface area contributed by atoms with Crippen LogP contribution in [0.15, 0.2) is 24.4 Å². The van der Waals surface area contributed by atoms with Gasteiger partial charge in [0.25, 0.3) is 0 Å². The molecule has 0 saturated carbocycles. The average molecular weight is 270 g/mol. The third-order valence-corrected chi connectivity index (χ3v) is 3.97. The molecule has 0 bridgehead atoms. The summed E-state index contributed by atoms with van der Waals surface area (Å²) in [6.45, 7) is 4.14. The first-order valence-corrected chi connectivity index (χ1v) is 6.98. The number of aromatic nitrogens is 3. The third-order valence-electron chi connectivity index (χ3n) is 3.03. The number of nitrogens with zero attached hydrogens (tertiary/aromatic N) is 3. The van der Waals surface area contributed by atoms with Crippen molar-refractivity contribution in [1.29, 1.82) is 0 Å². The Kier molecular flexibility index (Phi) is 2.91. The summed E-state index contributed by atoms with van der Waals surface area (Å²) in [6.07, 6.45) is 2.66. The van der Waals surface area contributed by atoms with Crippen LogP contribution in [0, 0.1) is 6.92 Å². The van der Waals surface area contributed by atoms with Gasteiger partial charge in [-0.25, -0.2) is 9.97 Å². The lowest BCUT2D eigenvalue weighted by Crippen LogP contribution is -1.99. The second-order valence-corrected chi connectivity index (χ2v) is 5.61. The normalized spacial score (nSPS) is 11.1. The average Bonchev–Trinajstić information content (AvgIpc) is 2.79. The molecule has 0 fully saturated rings. The van der Waals surface area contributed by atoms with E-state index in [1.165, 1.54) is 4.88 Å². The maximum atomic E-state index is 6.03. The van der Waals surface area contributed by atoms with Gasteiger partial charge in [0.05, 0.1) is 5.39 Å². The minimum Gasteiger partial charge on any atom is -0.383 e. The van der Waals surface area contributed by atoms with Gasteiger partial charge in [-0.15, -0.1) is 11.3 Å². The van der Waals surface area contributed by atoms with E-state index >= 15 is 0 Å². The Labute approximate surface area is 115 Å². The van der Waals surface area contributed by atoms with Crippen LogP contribution in [0.4, 0.5) is 5.82 Å². The van der Waals surface area contributed by atoms with Crippen molar-refractivity contribution in [2.75, 3.05) is 5.73 Å². The van der Waals surface area contributed by atoms with Gasteiger partial charge in [-0.1, -0.05) is 13.0 Å². The first kappa shape index (κ1) is 12.0. The number of hydrogen-bond acceptors (Lipinski definition) is 5. The molecule has 0 atom stereocenters. The molecule has 0 amide bonds. The van der Waals surface area contributed by atoms with Gasteiger partial charge in [0, 0.05) is 11.1 Å². The molecule has 0 aliphatic carbocycles. The highest BCUT2D eigenvalue weighted by Crippen LogP contribution is 2.29. The molecule has 5 heteroatoms. The molecule has 3 aromatic rings. The summed E-state index contributed by atoms with van der Waals surface area (Å²) in [4.78, 5) is 15.5. The molecular formula is C14H14N4S. The van der Waals surface area contributed by atoms with Gasteiger partial charge in [0.1, 0.15) is 16.3 Å². The van der Waals surface area contributed by atoms with Crippen LogP contribution < -0.4 is 5.73 Å². The highest BCUT2D eigenvalue weighted by Gasteiger charge is 2.12. The number of anilines is 1. The van der Waals surface area contributed by atoms with Crippen LogP contribution in [0.25, 0.3) is 21.7 Å². The smallest absolute Gasteiger partial charge is 0.181 e. The zero-order chi connectivity index (χ0) is 13.4. The summed E-state index contributed by atoms with van der Waals surface area (Å²) in [6, 6.07) is 6.00. The predicted molar refractivity (Wildman–Crippen MR) is 79.2 cm³/mol. The molecular weight excluding hydrogens is 256 g/mol. The Morgan fingerprint density at radius 3 is 2.95 bits per heavy atom. The van der Waals surface area contributed by atoms with E-state index in [1.807, 2.05) is 25.1 Å². The molecule has 0 spiro atoms. The number of aryl methyl sites for hydroxylation is 2. The second-order valence-electron chi connectivity index (χ2n) is 4.37. The highest BCUT2D eigenvalue weighted by molar-refractivity contribution is 7.18. The van der Waals surface area contributed by atoms with E-state index < -0.39 is 0 Å². The molecule has 0 aromatic carbocycles. The number of nitrogen functional groups attached to an aromatic ring is 1. The lowest BCUT2D eigenvalue weighted by atomic mass is 10.1. The van der Waals surface area contributed by atoms with Crippen molar-refractivity contribution in [2.24, 2.45) is 0 Å². The van der Waals surface area contributed by atoms with Crippen LogP contribution >= 0.6 is 11.3 Å². The molecule has 0 aliphatic rings. The summed E-state index contributed by atoms with van der Waals surface area (Å²) in [5.41, 5.74) is 7.98. The van der Waals surface area contributed by atoms with E-state index in [1.54, 1.807) is 17.5 Å². The van der Waals surface area contributed by atoms with Crippen LogP contribution in [0.2, 0.25) is 0 Å². The minimum absolute atomic E-state index is 0.525. The summed E-state index contributed by atoms with van der Waals surface area (Å²) in [5.74, 6) is 1.14. The van der Waals surface area contributed by atoms with E-state index in [-0.39, 0.29) is 0 Å². The van der Waals surface area contributed by atoms with Crippen LogP contribution in [-0.2, 0) is 6.42 Å². The second kappa shape index (κ2) is 4.59. The van der Waals surface area contributed by atoms with Crippen molar-refractivity contribution < 1.29 is 0 Å². The first-order chi connectivity index (χ1) is 9.19. The molecule has 2 N–H and O–H groups in total. The monoisotopic (exact) mass is 270 g/mol. The van der Waals surface area contributed by atoms with Crippen molar-refractivity contribution in [3.05, 3.63) is 34.8 Å². The summed E-state index contributed by atoms with van der Waals surface area (Å²) in [5, 5.41) is 0.931. The van der Waals surface area contributed by atoms with E-state index in [4.69, 9.17) is 5.73 Å². The standard InChI is InChI=1S/C14H14N4S/c1-3-9-5-4-6-16-11(9)13-17-12(15)10-7-8(2)19-14(10)18-13/h4-7H,3H2,1-2H3,(H2,15,17,18). The van der Waals surface area contributed by atoms with E-state index in [0.29, 0.717) is 11.6 Å². The van der Waals surface area contributed by atoms with Crippen molar-refractivity contribution >= 4 is 27.4 Å². The molecule has 19 heavy (non-hydrogen) atoms. The van der Waals surface area contributed by atoms with Crippen LogP contribution in [-0.4, -0.2) is 15.0 Å². The fraction of sp³-hybridized carbons (Fsp3) is 0.214. The number of fused-ring (bicyclic) bond motifs is 1. The molecule has 0 radical (unpaired) electrons.